The summed E-state index contributed by atoms with van der Waals surface area (Å²) in [5, 5.41) is 14.2. The van der Waals surface area contributed by atoms with Crippen molar-refractivity contribution in [2.24, 2.45) is 7.05 Å². The Balaban J connectivity index is 1.66. The minimum atomic E-state index is -0.439. The summed E-state index contributed by atoms with van der Waals surface area (Å²) in [6.07, 6.45) is 8.73. The van der Waals surface area contributed by atoms with Gasteiger partial charge >= 0.3 is 0 Å². The summed E-state index contributed by atoms with van der Waals surface area (Å²) in [6.45, 7) is 0.411. The van der Waals surface area contributed by atoms with Crippen LogP contribution in [0.4, 0.5) is 0 Å². The molecule has 3 heterocycles. The largest absolute Gasteiger partial charge is 0.350 e. The third-order valence-corrected chi connectivity index (χ3v) is 3.62. The molecule has 24 heavy (non-hydrogen) atoms. The number of aromatic nitrogens is 5. The van der Waals surface area contributed by atoms with Crippen molar-refractivity contribution in [2.75, 3.05) is 7.05 Å². The first-order valence-electron chi connectivity index (χ1n) is 7.56. The third kappa shape index (κ3) is 3.49. The lowest BCUT2D eigenvalue weighted by atomic mass is 10.1. The molecule has 0 aliphatic rings. The van der Waals surface area contributed by atoms with E-state index in [0.717, 1.165) is 11.1 Å². The van der Waals surface area contributed by atoms with Gasteiger partial charge in [0.15, 0.2) is 5.82 Å². The zero-order valence-electron chi connectivity index (χ0n) is 13.5. The maximum absolute atomic E-state index is 12.4. The Hall–Kier alpha value is -3.00. The Morgan fingerprint density at radius 3 is 2.88 bits per heavy atom. The summed E-state index contributed by atoms with van der Waals surface area (Å²) in [5.41, 5.74) is 1.77. The van der Waals surface area contributed by atoms with E-state index in [0.29, 0.717) is 12.4 Å². The molecular weight excluding hydrogens is 306 g/mol. The van der Waals surface area contributed by atoms with Crippen molar-refractivity contribution in [3.05, 3.63) is 60.3 Å². The maximum Gasteiger partial charge on any atom is 0.242 e. The number of rotatable bonds is 6. The van der Waals surface area contributed by atoms with Gasteiger partial charge in [-0.2, -0.15) is 10.2 Å². The first kappa shape index (κ1) is 15.9. The third-order valence-electron chi connectivity index (χ3n) is 3.62. The van der Waals surface area contributed by atoms with Crippen LogP contribution in [-0.2, 0) is 18.4 Å². The van der Waals surface area contributed by atoms with Crippen molar-refractivity contribution in [1.82, 2.24) is 35.2 Å². The Morgan fingerprint density at radius 2 is 2.21 bits per heavy atom. The number of nitrogens with one attached hydrogen (secondary N) is 2. The molecule has 0 spiro atoms. The standard InChI is InChI=1S/C16H19N7O/c1-17-15(13-10-21-22(2)11-13)16(24)19-9-12-4-6-18-14(8-12)23-7-3-5-20-23/h3-8,10-11,15,17H,9H2,1-2H3,(H,19,24). The number of hydrogen-bond acceptors (Lipinski definition) is 5. The van der Waals surface area contributed by atoms with Crippen LogP contribution < -0.4 is 10.6 Å². The minimum Gasteiger partial charge on any atom is -0.350 e. The number of carbonyl (C=O) groups is 1. The van der Waals surface area contributed by atoms with Crippen molar-refractivity contribution in [3.8, 4) is 5.82 Å². The smallest absolute Gasteiger partial charge is 0.242 e. The fourth-order valence-corrected chi connectivity index (χ4v) is 2.43. The number of nitrogens with zero attached hydrogens (tertiary/aromatic N) is 5. The second kappa shape index (κ2) is 7.05. The van der Waals surface area contributed by atoms with Crippen LogP contribution in [0.5, 0.6) is 0 Å². The lowest BCUT2D eigenvalue weighted by Gasteiger charge is -2.14. The Morgan fingerprint density at radius 1 is 1.33 bits per heavy atom. The van der Waals surface area contributed by atoms with E-state index in [-0.39, 0.29) is 5.91 Å². The molecular formula is C16H19N7O. The molecule has 124 valence electrons. The van der Waals surface area contributed by atoms with E-state index in [9.17, 15) is 4.79 Å². The average molecular weight is 325 g/mol. The lowest BCUT2D eigenvalue weighted by Crippen LogP contribution is -2.35. The number of carbonyl (C=O) groups excluding carboxylic acids is 1. The topological polar surface area (TPSA) is 89.7 Å². The predicted molar refractivity (Wildman–Crippen MR) is 88.2 cm³/mol. The highest BCUT2D eigenvalue weighted by Gasteiger charge is 2.19. The van der Waals surface area contributed by atoms with E-state index in [1.807, 2.05) is 37.6 Å². The molecule has 8 nitrogen and oxygen atoms in total. The summed E-state index contributed by atoms with van der Waals surface area (Å²) in [4.78, 5) is 16.7. The number of pyridine rings is 1. The van der Waals surface area contributed by atoms with E-state index in [1.165, 1.54) is 0 Å². The number of amides is 1. The SMILES string of the molecule is CNC(C(=O)NCc1ccnc(-n2cccn2)c1)c1cnn(C)c1. The summed E-state index contributed by atoms with van der Waals surface area (Å²) in [5.74, 6) is 0.604. The summed E-state index contributed by atoms with van der Waals surface area (Å²) < 4.78 is 3.35. The molecule has 0 bridgehead atoms. The molecule has 8 heteroatoms. The van der Waals surface area contributed by atoms with Crippen molar-refractivity contribution < 1.29 is 4.79 Å². The fraction of sp³-hybridized carbons (Fsp3) is 0.250. The first-order valence-corrected chi connectivity index (χ1v) is 7.56. The van der Waals surface area contributed by atoms with E-state index in [2.05, 4.69) is 25.8 Å². The van der Waals surface area contributed by atoms with Gasteiger partial charge in [-0.25, -0.2) is 9.67 Å². The number of likely N-dealkylation sites (N-methyl/N-ethyl adjacent to an activating group) is 1. The van der Waals surface area contributed by atoms with Gasteiger partial charge < -0.3 is 10.6 Å². The minimum absolute atomic E-state index is 0.108. The molecule has 0 aliphatic carbocycles. The summed E-state index contributed by atoms with van der Waals surface area (Å²) >= 11 is 0. The molecule has 3 aromatic heterocycles. The number of aryl methyl sites for hydroxylation is 1. The van der Waals surface area contributed by atoms with Crippen LogP contribution in [-0.4, -0.2) is 37.5 Å². The molecule has 0 aliphatic heterocycles. The van der Waals surface area contributed by atoms with Gasteiger partial charge in [0, 0.05) is 43.9 Å². The van der Waals surface area contributed by atoms with Crippen LogP contribution in [0.1, 0.15) is 17.2 Å². The average Bonchev–Trinajstić information content (AvgIpc) is 3.26. The van der Waals surface area contributed by atoms with E-state index >= 15 is 0 Å². The van der Waals surface area contributed by atoms with Gasteiger partial charge in [0.2, 0.25) is 5.91 Å². The van der Waals surface area contributed by atoms with Crippen molar-refractivity contribution in [3.63, 3.8) is 0 Å². The molecule has 0 saturated carbocycles. The molecule has 2 N–H and O–H groups in total. The Labute approximate surface area is 139 Å². The van der Waals surface area contributed by atoms with Gasteiger partial charge in [-0.15, -0.1) is 0 Å². The van der Waals surface area contributed by atoms with Gasteiger partial charge in [0.05, 0.1) is 6.20 Å². The molecule has 0 fully saturated rings. The van der Waals surface area contributed by atoms with Gasteiger partial charge in [-0.05, 0) is 30.8 Å². The highest BCUT2D eigenvalue weighted by molar-refractivity contribution is 5.83. The molecule has 3 rings (SSSR count). The maximum atomic E-state index is 12.4. The van der Waals surface area contributed by atoms with Gasteiger partial charge in [-0.1, -0.05) is 0 Å². The van der Waals surface area contributed by atoms with E-state index in [4.69, 9.17) is 0 Å². The van der Waals surface area contributed by atoms with Crippen LogP contribution in [0.25, 0.3) is 5.82 Å². The normalized spacial score (nSPS) is 12.1. The quantitative estimate of drug-likeness (QED) is 0.692. The van der Waals surface area contributed by atoms with Gasteiger partial charge in [-0.3, -0.25) is 9.48 Å². The van der Waals surface area contributed by atoms with Crippen LogP contribution in [0.15, 0.2) is 49.2 Å². The first-order chi connectivity index (χ1) is 11.7. The second-order valence-corrected chi connectivity index (χ2v) is 5.36. The molecule has 0 saturated heterocycles. The Kier molecular flexibility index (Phi) is 4.66. The zero-order valence-corrected chi connectivity index (χ0v) is 13.5. The predicted octanol–water partition coefficient (Wildman–Crippen LogP) is 0.578. The second-order valence-electron chi connectivity index (χ2n) is 5.36. The molecule has 1 atom stereocenters. The van der Waals surface area contributed by atoms with Crippen molar-refractivity contribution in [2.45, 2.75) is 12.6 Å². The Bertz CT molecular complexity index is 809. The summed E-state index contributed by atoms with van der Waals surface area (Å²) in [6, 6.07) is 5.16. The van der Waals surface area contributed by atoms with Crippen molar-refractivity contribution in [1.29, 1.82) is 0 Å². The molecule has 1 amide bonds. The zero-order chi connectivity index (χ0) is 16.9. The molecule has 1 unspecified atom stereocenters. The number of hydrogen-bond donors (Lipinski definition) is 2. The summed E-state index contributed by atoms with van der Waals surface area (Å²) in [7, 11) is 3.57. The molecule has 0 radical (unpaired) electrons. The molecule has 0 aromatic carbocycles. The van der Waals surface area contributed by atoms with Crippen LogP contribution in [0.3, 0.4) is 0 Å². The van der Waals surface area contributed by atoms with Crippen LogP contribution in [0, 0.1) is 0 Å². The van der Waals surface area contributed by atoms with E-state index in [1.54, 1.807) is 35.0 Å². The van der Waals surface area contributed by atoms with Crippen molar-refractivity contribution >= 4 is 5.91 Å². The van der Waals surface area contributed by atoms with Gasteiger partial charge in [0.1, 0.15) is 6.04 Å². The van der Waals surface area contributed by atoms with E-state index < -0.39 is 6.04 Å². The monoisotopic (exact) mass is 325 g/mol. The highest BCUT2D eigenvalue weighted by atomic mass is 16.2. The molecule has 3 aromatic rings. The van der Waals surface area contributed by atoms with Gasteiger partial charge in [0.25, 0.3) is 0 Å². The fourth-order valence-electron chi connectivity index (χ4n) is 2.43. The van der Waals surface area contributed by atoms with Crippen LogP contribution >= 0.6 is 0 Å². The highest BCUT2D eigenvalue weighted by Crippen LogP contribution is 2.12. The van der Waals surface area contributed by atoms with Crippen LogP contribution in [0.2, 0.25) is 0 Å². The lowest BCUT2D eigenvalue weighted by molar-refractivity contribution is -0.123.